The van der Waals surface area contributed by atoms with E-state index in [1.54, 1.807) is 0 Å². The molecule has 148 valence electrons. The minimum absolute atomic E-state index is 0. The molecular formula is C17H23Cl2F3N2O2. The Morgan fingerprint density at radius 1 is 1.31 bits per heavy atom. The Morgan fingerprint density at radius 3 is 2.65 bits per heavy atom. The molecule has 4 nitrogen and oxygen atoms in total. The molecule has 1 aromatic rings. The number of aliphatic hydroxyl groups is 1. The van der Waals surface area contributed by atoms with Crippen LogP contribution in [0.3, 0.4) is 0 Å². The van der Waals surface area contributed by atoms with E-state index in [1.165, 1.54) is 31.4 Å². The summed E-state index contributed by atoms with van der Waals surface area (Å²) >= 11 is 5.87. The molecule has 1 unspecified atom stereocenters. The third-order valence-corrected chi connectivity index (χ3v) is 4.37. The van der Waals surface area contributed by atoms with Gasteiger partial charge >= 0.3 is 6.18 Å². The number of hydrogen-bond donors (Lipinski definition) is 2. The number of aliphatic hydroxyl groups excluding tert-OH is 1. The standard InChI is InChI=1S/C17H22ClF3N2O2.ClH/c18-16(12-5-4-6-13(9-12)17(19,20)21)23-25-11-15(24)10-22-14-7-2-1-3-8-14;/h4-6,9,14-15,22,24H,1-3,7-8,10-11H2;1H. The smallest absolute Gasteiger partial charge is 0.392 e. The van der Waals surface area contributed by atoms with Crippen molar-refractivity contribution in [3.8, 4) is 0 Å². The van der Waals surface area contributed by atoms with Crippen LogP contribution in [0.4, 0.5) is 13.2 Å². The van der Waals surface area contributed by atoms with E-state index in [0.29, 0.717) is 12.6 Å². The summed E-state index contributed by atoms with van der Waals surface area (Å²) in [6.07, 6.45) is 0.640. The van der Waals surface area contributed by atoms with Crippen LogP contribution >= 0.6 is 24.0 Å². The number of halogens is 5. The number of alkyl halides is 3. The van der Waals surface area contributed by atoms with Crippen LogP contribution in [0.1, 0.15) is 43.2 Å². The summed E-state index contributed by atoms with van der Waals surface area (Å²) in [6.45, 7) is 0.288. The fourth-order valence-electron chi connectivity index (χ4n) is 2.72. The number of nitrogens with zero attached hydrogens (tertiary/aromatic N) is 1. The molecule has 0 aromatic heterocycles. The second-order valence-electron chi connectivity index (χ2n) is 6.15. The highest BCUT2D eigenvalue weighted by atomic mass is 35.5. The van der Waals surface area contributed by atoms with Crippen molar-refractivity contribution in [3.63, 3.8) is 0 Å². The molecule has 2 N–H and O–H groups in total. The van der Waals surface area contributed by atoms with Crippen LogP contribution in [0.2, 0.25) is 0 Å². The average Bonchev–Trinajstić information content (AvgIpc) is 2.60. The lowest BCUT2D eigenvalue weighted by Crippen LogP contribution is -2.38. The highest BCUT2D eigenvalue weighted by Crippen LogP contribution is 2.29. The van der Waals surface area contributed by atoms with Crippen molar-refractivity contribution < 1.29 is 23.1 Å². The molecule has 1 aliphatic carbocycles. The molecule has 0 heterocycles. The number of hydrogen-bond acceptors (Lipinski definition) is 4. The van der Waals surface area contributed by atoms with Gasteiger partial charge in [-0.2, -0.15) is 13.2 Å². The Labute approximate surface area is 162 Å². The lowest BCUT2D eigenvalue weighted by Gasteiger charge is -2.23. The Kier molecular flexibility index (Phi) is 9.71. The summed E-state index contributed by atoms with van der Waals surface area (Å²) < 4.78 is 38.0. The van der Waals surface area contributed by atoms with Crippen LogP contribution in [0.5, 0.6) is 0 Å². The summed E-state index contributed by atoms with van der Waals surface area (Å²) in [5.41, 5.74) is -0.707. The maximum atomic E-state index is 12.7. The topological polar surface area (TPSA) is 53.8 Å². The predicted octanol–water partition coefficient (Wildman–Crippen LogP) is 4.33. The molecule has 0 aliphatic heterocycles. The van der Waals surface area contributed by atoms with E-state index < -0.39 is 17.8 Å². The molecule has 0 radical (unpaired) electrons. The molecule has 26 heavy (non-hydrogen) atoms. The van der Waals surface area contributed by atoms with Crippen molar-refractivity contribution in [2.24, 2.45) is 5.16 Å². The molecule has 1 saturated carbocycles. The van der Waals surface area contributed by atoms with Gasteiger partial charge in [-0.15, -0.1) is 12.4 Å². The Morgan fingerprint density at radius 2 is 2.00 bits per heavy atom. The van der Waals surface area contributed by atoms with Gasteiger partial charge in [-0.1, -0.05) is 48.2 Å². The van der Waals surface area contributed by atoms with Crippen LogP contribution in [0.25, 0.3) is 0 Å². The summed E-state index contributed by atoms with van der Waals surface area (Å²) in [7, 11) is 0. The second-order valence-corrected chi connectivity index (χ2v) is 6.51. The van der Waals surface area contributed by atoms with Crippen LogP contribution < -0.4 is 5.32 Å². The van der Waals surface area contributed by atoms with E-state index >= 15 is 0 Å². The van der Waals surface area contributed by atoms with Crippen molar-refractivity contribution in [1.29, 1.82) is 0 Å². The normalized spacial score (nSPS) is 17.5. The SMILES string of the molecule is Cl.OC(CNC1CCCCC1)CON=C(Cl)c1cccc(C(F)(F)F)c1. The largest absolute Gasteiger partial charge is 0.416 e. The molecule has 1 fully saturated rings. The van der Waals surface area contributed by atoms with Crippen LogP contribution in [-0.2, 0) is 11.0 Å². The van der Waals surface area contributed by atoms with Gasteiger partial charge < -0.3 is 15.3 Å². The van der Waals surface area contributed by atoms with Gasteiger partial charge in [-0.3, -0.25) is 0 Å². The first-order chi connectivity index (χ1) is 11.9. The lowest BCUT2D eigenvalue weighted by molar-refractivity contribution is -0.137. The number of benzene rings is 1. The molecule has 9 heteroatoms. The zero-order valence-electron chi connectivity index (χ0n) is 14.1. The number of rotatable bonds is 7. The molecule has 0 spiro atoms. The van der Waals surface area contributed by atoms with Crippen molar-refractivity contribution in [2.75, 3.05) is 13.2 Å². The summed E-state index contributed by atoms with van der Waals surface area (Å²) in [4.78, 5) is 4.96. The highest BCUT2D eigenvalue weighted by Gasteiger charge is 2.30. The van der Waals surface area contributed by atoms with Gasteiger partial charge in [0.15, 0.2) is 5.17 Å². The van der Waals surface area contributed by atoms with Crippen LogP contribution in [0.15, 0.2) is 29.4 Å². The predicted molar refractivity (Wildman–Crippen MR) is 97.9 cm³/mol. The average molecular weight is 415 g/mol. The maximum Gasteiger partial charge on any atom is 0.416 e. The van der Waals surface area contributed by atoms with Crippen molar-refractivity contribution in [3.05, 3.63) is 35.4 Å². The summed E-state index contributed by atoms with van der Waals surface area (Å²) in [5, 5.41) is 16.5. The summed E-state index contributed by atoms with van der Waals surface area (Å²) in [6, 6.07) is 4.93. The van der Waals surface area contributed by atoms with Gasteiger partial charge in [0.05, 0.1) is 5.56 Å². The first kappa shape index (κ1) is 23.0. The van der Waals surface area contributed by atoms with Gasteiger partial charge in [0, 0.05) is 18.2 Å². The van der Waals surface area contributed by atoms with Crippen molar-refractivity contribution in [2.45, 2.75) is 50.4 Å². The number of oxime groups is 1. The zero-order valence-corrected chi connectivity index (χ0v) is 15.7. The molecule has 1 aliphatic rings. The van der Waals surface area contributed by atoms with Crippen molar-refractivity contribution in [1.82, 2.24) is 5.32 Å². The Bertz CT molecular complexity index is 579. The Balaban J connectivity index is 0.00000338. The molecule has 2 rings (SSSR count). The first-order valence-electron chi connectivity index (χ1n) is 8.31. The second kappa shape index (κ2) is 11.0. The minimum atomic E-state index is -4.45. The van der Waals surface area contributed by atoms with E-state index in [9.17, 15) is 18.3 Å². The van der Waals surface area contributed by atoms with Crippen LogP contribution in [-0.4, -0.2) is 35.6 Å². The van der Waals surface area contributed by atoms with Crippen LogP contribution in [0, 0.1) is 0 Å². The molecule has 0 amide bonds. The quantitative estimate of drug-likeness (QED) is 0.515. The number of nitrogens with one attached hydrogen (secondary N) is 1. The van der Waals surface area contributed by atoms with E-state index in [-0.39, 0.29) is 29.7 Å². The van der Waals surface area contributed by atoms with E-state index in [1.807, 2.05) is 0 Å². The van der Waals surface area contributed by atoms with E-state index in [4.69, 9.17) is 16.4 Å². The highest BCUT2D eigenvalue weighted by molar-refractivity contribution is 6.69. The third kappa shape index (κ3) is 7.70. The molecule has 0 bridgehead atoms. The van der Waals surface area contributed by atoms with Gasteiger partial charge in [0.2, 0.25) is 0 Å². The minimum Gasteiger partial charge on any atom is -0.392 e. The van der Waals surface area contributed by atoms with E-state index in [2.05, 4.69) is 10.5 Å². The van der Waals surface area contributed by atoms with Crippen molar-refractivity contribution >= 4 is 29.2 Å². The fraction of sp³-hybridized carbons (Fsp3) is 0.588. The molecular weight excluding hydrogens is 392 g/mol. The zero-order chi connectivity index (χ0) is 18.3. The monoisotopic (exact) mass is 414 g/mol. The first-order valence-corrected chi connectivity index (χ1v) is 8.68. The molecule has 1 atom stereocenters. The fourth-order valence-corrected chi connectivity index (χ4v) is 2.89. The Hall–Kier alpha value is -1.02. The maximum absolute atomic E-state index is 12.7. The van der Waals surface area contributed by atoms with Gasteiger partial charge in [0.25, 0.3) is 0 Å². The lowest BCUT2D eigenvalue weighted by atomic mass is 9.95. The van der Waals surface area contributed by atoms with Gasteiger partial charge in [-0.05, 0) is 25.0 Å². The van der Waals surface area contributed by atoms with Gasteiger partial charge in [0.1, 0.15) is 12.7 Å². The van der Waals surface area contributed by atoms with E-state index in [0.717, 1.165) is 25.0 Å². The third-order valence-electron chi connectivity index (χ3n) is 4.09. The van der Waals surface area contributed by atoms with Gasteiger partial charge in [-0.25, -0.2) is 0 Å². The molecule has 1 aromatic carbocycles. The summed E-state index contributed by atoms with van der Waals surface area (Å²) in [5.74, 6) is 0. The molecule has 0 saturated heterocycles.